The van der Waals surface area contributed by atoms with E-state index in [1.807, 2.05) is 6.92 Å². The first kappa shape index (κ1) is 38.4. The van der Waals surface area contributed by atoms with Crippen LogP contribution in [0.3, 0.4) is 0 Å². The molecule has 0 aromatic rings. The van der Waals surface area contributed by atoms with Crippen LogP contribution in [0.25, 0.3) is 0 Å². The number of aliphatic hydroxyl groups excluding tert-OH is 4. The largest absolute Gasteiger partial charge is 0.455 e. The molecule has 3 aliphatic heterocycles. The minimum absolute atomic E-state index is 0.162. The molecule has 3 aliphatic rings. The van der Waals surface area contributed by atoms with Crippen molar-refractivity contribution in [1.82, 2.24) is 0 Å². The molecule has 0 radical (unpaired) electrons. The number of rotatable bonds is 25. The van der Waals surface area contributed by atoms with E-state index < -0.39 is 24.4 Å². The Kier molecular flexibility index (Phi) is 18.6. The molecule has 0 bridgehead atoms. The van der Waals surface area contributed by atoms with Crippen molar-refractivity contribution in [1.29, 1.82) is 0 Å². The van der Waals surface area contributed by atoms with E-state index in [2.05, 4.69) is 6.92 Å². The summed E-state index contributed by atoms with van der Waals surface area (Å²) >= 11 is 0. The van der Waals surface area contributed by atoms with E-state index in [-0.39, 0.29) is 36.5 Å². The topological polar surface area (TPSA) is 126 Å². The lowest BCUT2D eigenvalue weighted by atomic mass is 9.98. The molecule has 0 spiro atoms. The molecule has 0 aromatic carbocycles. The minimum Gasteiger partial charge on any atom is -0.455 e. The van der Waals surface area contributed by atoms with Crippen LogP contribution >= 0.6 is 0 Å². The average molecular weight is 639 g/mol. The number of carbonyl (C=O) groups excluding carboxylic acids is 1. The molecule has 0 unspecified atom stereocenters. The number of hydrogen-bond donors (Lipinski definition) is 4. The summed E-state index contributed by atoms with van der Waals surface area (Å²) in [7, 11) is 0. The molecule has 2 saturated heterocycles. The Labute approximate surface area is 273 Å². The van der Waals surface area contributed by atoms with Crippen LogP contribution in [0.5, 0.6) is 0 Å². The Hall–Kier alpha value is -1.03. The smallest absolute Gasteiger partial charge is 0.334 e. The van der Waals surface area contributed by atoms with Crippen molar-refractivity contribution in [2.45, 2.75) is 216 Å². The van der Waals surface area contributed by atoms with Gasteiger partial charge in [-0.2, -0.15) is 0 Å². The van der Waals surface area contributed by atoms with E-state index in [0.29, 0.717) is 31.3 Å². The second-order valence-corrected chi connectivity index (χ2v) is 14.2. The molecule has 3 heterocycles. The number of esters is 1. The molecule has 8 heteroatoms. The van der Waals surface area contributed by atoms with E-state index in [4.69, 9.17) is 14.2 Å². The van der Waals surface area contributed by atoms with Gasteiger partial charge in [0.15, 0.2) is 0 Å². The maximum Gasteiger partial charge on any atom is 0.334 e. The first-order valence-electron chi connectivity index (χ1n) is 18.7. The lowest BCUT2D eigenvalue weighted by Crippen LogP contribution is -2.33. The molecular formula is C37H66O8. The normalized spacial score (nSPS) is 27.8. The molecule has 3 rings (SSSR count). The Bertz CT molecular complexity index is 833. The van der Waals surface area contributed by atoms with Gasteiger partial charge in [-0.25, -0.2) is 4.79 Å². The zero-order chi connectivity index (χ0) is 32.4. The van der Waals surface area contributed by atoms with Gasteiger partial charge in [0.1, 0.15) is 6.10 Å². The Morgan fingerprint density at radius 2 is 1.18 bits per heavy atom. The van der Waals surface area contributed by atoms with Gasteiger partial charge in [-0.3, -0.25) is 0 Å². The number of hydrogen-bond acceptors (Lipinski definition) is 8. The van der Waals surface area contributed by atoms with E-state index in [9.17, 15) is 25.2 Å². The summed E-state index contributed by atoms with van der Waals surface area (Å²) in [4.78, 5) is 11.7. The molecule has 8 nitrogen and oxygen atoms in total. The second kappa shape index (κ2) is 21.8. The number of aliphatic hydroxyl groups is 4. The number of ether oxygens (including phenoxy) is 3. The molecule has 45 heavy (non-hydrogen) atoms. The monoisotopic (exact) mass is 638 g/mol. The zero-order valence-corrected chi connectivity index (χ0v) is 28.5. The maximum atomic E-state index is 11.7. The van der Waals surface area contributed by atoms with Gasteiger partial charge in [0.2, 0.25) is 0 Å². The van der Waals surface area contributed by atoms with Gasteiger partial charge in [-0.15, -0.1) is 0 Å². The van der Waals surface area contributed by atoms with E-state index >= 15 is 0 Å². The quantitative estimate of drug-likeness (QED) is 0.0634. The number of cyclic esters (lactones) is 1. The minimum atomic E-state index is -0.627. The van der Waals surface area contributed by atoms with Gasteiger partial charge in [-0.1, -0.05) is 90.4 Å². The standard InChI is InChI=1S/C37H66O8/c1-3-4-5-6-7-8-12-15-18-31(39)35-23-24-36(45-35)33(41)21-20-32(40)34-22-19-30(44-34)17-14-11-9-10-13-16-29(38)26-28-25-27(2)43-37(28)42/h25,27,29-36,38-41H,3-24,26H2,1-2H3/t27-,29-,30+,31-,32-,33-,34+,35+,36+/m0/s1. The average Bonchev–Trinajstić information content (AvgIpc) is 3.77. The van der Waals surface area contributed by atoms with Gasteiger partial charge in [0.25, 0.3) is 0 Å². The summed E-state index contributed by atoms with van der Waals surface area (Å²) in [6.45, 7) is 4.07. The van der Waals surface area contributed by atoms with Gasteiger partial charge in [0.05, 0.1) is 48.8 Å². The summed E-state index contributed by atoms with van der Waals surface area (Å²) in [6.07, 6.45) is 21.6. The van der Waals surface area contributed by atoms with E-state index in [1.54, 1.807) is 6.08 Å². The Morgan fingerprint density at radius 1 is 0.667 bits per heavy atom. The van der Waals surface area contributed by atoms with Crippen LogP contribution in [0.2, 0.25) is 0 Å². The molecule has 0 aromatic heterocycles. The van der Waals surface area contributed by atoms with Gasteiger partial charge in [0, 0.05) is 12.0 Å². The summed E-state index contributed by atoms with van der Waals surface area (Å²) in [6, 6.07) is 0. The lowest BCUT2D eigenvalue weighted by molar-refractivity contribution is -0.139. The third-order valence-corrected chi connectivity index (χ3v) is 10.1. The second-order valence-electron chi connectivity index (χ2n) is 14.2. The molecule has 4 N–H and O–H groups in total. The van der Waals surface area contributed by atoms with Crippen LogP contribution in [0.1, 0.15) is 162 Å². The van der Waals surface area contributed by atoms with Crippen molar-refractivity contribution in [3.63, 3.8) is 0 Å². The van der Waals surface area contributed by atoms with Crippen LogP contribution in [-0.2, 0) is 19.0 Å². The molecular weight excluding hydrogens is 572 g/mol. The third kappa shape index (κ3) is 14.7. The molecule has 2 fully saturated rings. The highest BCUT2D eigenvalue weighted by molar-refractivity contribution is 5.90. The first-order chi connectivity index (χ1) is 21.8. The summed E-state index contributed by atoms with van der Waals surface area (Å²) < 4.78 is 17.3. The molecule has 0 saturated carbocycles. The Balaban J connectivity index is 1.16. The van der Waals surface area contributed by atoms with Gasteiger partial charge in [-0.05, 0) is 70.8 Å². The molecule has 0 amide bonds. The van der Waals surface area contributed by atoms with Crippen LogP contribution in [0.4, 0.5) is 0 Å². The fraction of sp³-hybridized carbons (Fsp3) is 0.919. The van der Waals surface area contributed by atoms with Crippen LogP contribution in [0.15, 0.2) is 11.6 Å². The van der Waals surface area contributed by atoms with Gasteiger partial charge < -0.3 is 34.6 Å². The van der Waals surface area contributed by atoms with Crippen LogP contribution in [0, 0.1) is 0 Å². The van der Waals surface area contributed by atoms with Crippen molar-refractivity contribution in [3.05, 3.63) is 11.6 Å². The van der Waals surface area contributed by atoms with Crippen molar-refractivity contribution in [2.24, 2.45) is 0 Å². The molecule has 9 atom stereocenters. The van der Waals surface area contributed by atoms with E-state index in [1.165, 1.54) is 38.5 Å². The predicted octanol–water partition coefficient (Wildman–Crippen LogP) is 6.83. The predicted molar refractivity (Wildman–Crippen MR) is 177 cm³/mol. The highest BCUT2D eigenvalue weighted by atomic mass is 16.5. The Morgan fingerprint density at radius 3 is 1.78 bits per heavy atom. The SMILES string of the molecule is CCCCCCCCCC[C@H](O)[C@H]1CC[C@H]([C@@H](O)CC[C@H](O)[C@H]2CC[C@@H](CCCCCCC[C@H](O)CC3=C[C@H](C)OC3=O)O2)O1. The van der Waals surface area contributed by atoms with Crippen molar-refractivity contribution >= 4 is 5.97 Å². The fourth-order valence-electron chi connectivity index (χ4n) is 7.29. The summed E-state index contributed by atoms with van der Waals surface area (Å²) in [5.41, 5.74) is 0.600. The fourth-order valence-corrected chi connectivity index (χ4v) is 7.29. The lowest BCUT2D eigenvalue weighted by Gasteiger charge is -2.24. The van der Waals surface area contributed by atoms with Crippen LogP contribution < -0.4 is 0 Å². The number of unbranched alkanes of at least 4 members (excludes halogenated alkanes) is 11. The van der Waals surface area contributed by atoms with E-state index in [0.717, 1.165) is 83.5 Å². The highest BCUT2D eigenvalue weighted by Crippen LogP contribution is 2.31. The molecule has 0 aliphatic carbocycles. The third-order valence-electron chi connectivity index (χ3n) is 10.1. The van der Waals surface area contributed by atoms with Crippen molar-refractivity contribution in [2.75, 3.05) is 0 Å². The van der Waals surface area contributed by atoms with Crippen molar-refractivity contribution in [3.8, 4) is 0 Å². The zero-order valence-electron chi connectivity index (χ0n) is 28.5. The van der Waals surface area contributed by atoms with Crippen LogP contribution in [-0.4, -0.2) is 81.3 Å². The summed E-state index contributed by atoms with van der Waals surface area (Å²) in [5, 5.41) is 42.4. The number of carbonyl (C=O) groups is 1. The van der Waals surface area contributed by atoms with Crippen molar-refractivity contribution < 1.29 is 39.4 Å². The highest BCUT2D eigenvalue weighted by Gasteiger charge is 2.36. The van der Waals surface area contributed by atoms with Gasteiger partial charge >= 0.3 is 5.97 Å². The summed E-state index contributed by atoms with van der Waals surface area (Å²) in [5.74, 6) is -0.295. The maximum absolute atomic E-state index is 11.7. The first-order valence-corrected chi connectivity index (χ1v) is 18.7. The molecule has 262 valence electrons.